The summed E-state index contributed by atoms with van der Waals surface area (Å²) in [5.74, 6) is -0.194. The number of hydrogen-bond acceptors (Lipinski definition) is 6. The molecule has 3 rings (SSSR count). The van der Waals surface area contributed by atoms with E-state index in [0.717, 1.165) is 25.9 Å². The molecular weight excluding hydrogens is 335 g/mol. The van der Waals surface area contributed by atoms with Gasteiger partial charge in [-0.2, -0.15) is 0 Å². The molecule has 1 aromatic heterocycles. The van der Waals surface area contributed by atoms with Crippen molar-refractivity contribution in [1.29, 1.82) is 0 Å². The Bertz CT molecular complexity index is 688. The molecule has 0 saturated carbocycles. The Balaban J connectivity index is 1.60. The smallest absolute Gasteiger partial charge is 0.235 e. The molecule has 1 N–H and O–H groups in total. The molecule has 1 saturated heterocycles. The van der Waals surface area contributed by atoms with Crippen LogP contribution in [-0.2, 0) is 4.79 Å². The first-order valence-electron chi connectivity index (χ1n) is 7.44. The number of carbonyl (C=O) groups is 1. The zero-order valence-corrected chi connectivity index (χ0v) is 14.3. The number of rotatable bonds is 5. The topological polar surface area (TPSA) is 58.1 Å². The Morgan fingerprint density at radius 3 is 2.83 bits per heavy atom. The number of nitrogens with one attached hydrogen (secondary N) is 1. The number of aromatic nitrogens is 2. The van der Waals surface area contributed by atoms with Gasteiger partial charge in [0.1, 0.15) is 5.82 Å². The molecular formula is C15H17FN4OS2. The molecule has 1 aliphatic heterocycles. The molecule has 1 fully saturated rings. The Morgan fingerprint density at radius 2 is 2.09 bits per heavy atom. The molecule has 1 amide bonds. The average Bonchev–Trinajstić information content (AvgIpc) is 3.21. The van der Waals surface area contributed by atoms with Crippen LogP contribution in [0.15, 0.2) is 28.6 Å². The predicted octanol–water partition coefficient (Wildman–Crippen LogP) is 3.52. The molecule has 23 heavy (non-hydrogen) atoms. The molecule has 122 valence electrons. The van der Waals surface area contributed by atoms with Gasteiger partial charge in [0.25, 0.3) is 0 Å². The SMILES string of the molecule is CC(Sc1nnc(Nc2ccccc2F)s1)C(=O)N1CCCC1. The maximum atomic E-state index is 13.6. The molecule has 1 aromatic carbocycles. The Hall–Kier alpha value is -1.67. The number of hydrogen-bond donors (Lipinski definition) is 1. The van der Waals surface area contributed by atoms with Gasteiger partial charge in [-0.25, -0.2) is 4.39 Å². The first-order chi connectivity index (χ1) is 11.1. The van der Waals surface area contributed by atoms with Crippen molar-refractivity contribution in [2.24, 2.45) is 0 Å². The van der Waals surface area contributed by atoms with E-state index in [9.17, 15) is 9.18 Å². The summed E-state index contributed by atoms with van der Waals surface area (Å²) in [6, 6.07) is 6.41. The van der Waals surface area contributed by atoms with Gasteiger partial charge in [-0.3, -0.25) is 4.79 Å². The minimum Gasteiger partial charge on any atom is -0.342 e. The first-order valence-corrected chi connectivity index (χ1v) is 9.13. The van der Waals surface area contributed by atoms with Gasteiger partial charge in [0.15, 0.2) is 4.34 Å². The lowest BCUT2D eigenvalue weighted by Gasteiger charge is -2.18. The van der Waals surface area contributed by atoms with Gasteiger partial charge < -0.3 is 10.2 Å². The van der Waals surface area contributed by atoms with Crippen molar-refractivity contribution in [1.82, 2.24) is 15.1 Å². The monoisotopic (exact) mass is 352 g/mol. The van der Waals surface area contributed by atoms with Gasteiger partial charge >= 0.3 is 0 Å². The Kier molecular flexibility index (Phi) is 5.12. The number of anilines is 2. The number of thioether (sulfide) groups is 1. The van der Waals surface area contributed by atoms with Crippen LogP contribution in [0.4, 0.5) is 15.2 Å². The lowest BCUT2D eigenvalue weighted by atomic mass is 10.3. The van der Waals surface area contributed by atoms with Crippen molar-refractivity contribution in [3.05, 3.63) is 30.1 Å². The van der Waals surface area contributed by atoms with Crippen molar-refractivity contribution in [3.8, 4) is 0 Å². The van der Waals surface area contributed by atoms with E-state index in [1.165, 1.54) is 29.2 Å². The normalized spacial score (nSPS) is 15.7. The van der Waals surface area contributed by atoms with Crippen LogP contribution in [0.25, 0.3) is 0 Å². The standard InChI is InChI=1S/C15H17FN4OS2/c1-10(13(21)20-8-4-5-9-20)22-15-19-18-14(23-15)17-12-7-3-2-6-11(12)16/h2-3,6-7,10H,4-5,8-9H2,1H3,(H,17,18). The molecule has 1 atom stereocenters. The highest BCUT2D eigenvalue weighted by molar-refractivity contribution is 8.02. The molecule has 0 aliphatic carbocycles. The minimum atomic E-state index is -0.338. The maximum Gasteiger partial charge on any atom is 0.235 e. The summed E-state index contributed by atoms with van der Waals surface area (Å²) in [4.78, 5) is 14.2. The van der Waals surface area contributed by atoms with Crippen LogP contribution in [0.2, 0.25) is 0 Å². The molecule has 0 spiro atoms. The van der Waals surface area contributed by atoms with Crippen LogP contribution < -0.4 is 5.32 Å². The second-order valence-electron chi connectivity index (χ2n) is 5.27. The largest absolute Gasteiger partial charge is 0.342 e. The molecule has 1 aliphatic rings. The third kappa shape index (κ3) is 4.00. The quantitative estimate of drug-likeness (QED) is 0.835. The van der Waals surface area contributed by atoms with Crippen molar-refractivity contribution in [3.63, 3.8) is 0 Å². The van der Waals surface area contributed by atoms with E-state index in [-0.39, 0.29) is 17.0 Å². The summed E-state index contributed by atoms with van der Waals surface area (Å²) >= 11 is 2.71. The molecule has 2 aromatic rings. The molecule has 0 radical (unpaired) electrons. The van der Waals surface area contributed by atoms with Gasteiger partial charge in [-0.1, -0.05) is 35.2 Å². The summed E-state index contributed by atoms with van der Waals surface area (Å²) in [6.45, 7) is 3.58. The van der Waals surface area contributed by atoms with E-state index < -0.39 is 0 Å². The van der Waals surface area contributed by atoms with E-state index in [2.05, 4.69) is 15.5 Å². The summed E-state index contributed by atoms with van der Waals surface area (Å²) in [5.41, 5.74) is 0.362. The fourth-order valence-electron chi connectivity index (χ4n) is 2.38. The molecule has 5 nitrogen and oxygen atoms in total. The van der Waals surface area contributed by atoms with E-state index in [4.69, 9.17) is 0 Å². The number of halogens is 1. The first kappa shape index (κ1) is 16.2. The lowest BCUT2D eigenvalue weighted by Crippen LogP contribution is -2.33. The molecule has 2 heterocycles. The number of carbonyl (C=O) groups excluding carboxylic acids is 1. The maximum absolute atomic E-state index is 13.6. The van der Waals surface area contributed by atoms with E-state index in [1.54, 1.807) is 18.2 Å². The Morgan fingerprint density at radius 1 is 1.35 bits per heavy atom. The number of amides is 1. The predicted molar refractivity (Wildman–Crippen MR) is 90.7 cm³/mol. The highest BCUT2D eigenvalue weighted by Gasteiger charge is 2.25. The summed E-state index contributed by atoms with van der Waals surface area (Å²) in [5, 5.41) is 11.3. The van der Waals surface area contributed by atoms with Gasteiger partial charge in [0.2, 0.25) is 11.0 Å². The number of para-hydroxylation sites is 1. The summed E-state index contributed by atoms with van der Waals surface area (Å²) < 4.78 is 14.3. The van der Waals surface area contributed by atoms with Crippen LogP contribution in [0.5, 0.6) is 0 Å². The van der Waals surface area contributed by atoms with Crippen LogP contribution in [0.3, 0.4) is 0 Å². The van der Waals surface area contributed by atoms with Crippen molar-refractivity contribution in [2.45, 2.75) is 29.4 Å². The van der Waals surface area contributed by atoms with Crippen LogP contribution in [0.1, 0.15) is 19.8 Å². The fourth-order valence-corrected chi connectivity index (χ4v) is 4.37. The lowest BCUT2D eigenvalue weighted by molar-refractivity contribution is -0.129. The Labute approximate surface area is 142 Å². The fraction of sp³-hybridized carbons (Fsp3) is 0.400. The van der Waals surface area contributed by atoms with E-state index in [1.807, 2.05) is 11.8 Å². The van der Waals surface area contributed by atoms with Gasteiger partial charge in [0, 0.05) is 13.1 Å². The highest BCUT2D eigenvalue weighted by atomic mass is 32.2. The molecule has 0 bridgehead atoms. The van der Waals surface area contributed by atoms with E-state index in [0.29, 0.717) is 15.2 Å². The zero-order valence-electron chi connectivity index (χ0n) is 12.7. The van der Waals surface area contributed by atoms with Crippen LogP contribution >= 0.6 is 23.1 Å². The second kappa shape index (κ2) is 7.27. The summed E-state index contributed by atoms with van der Waals surface area (Å²) in [6.07, 6.45) is 2.16. The number of nitrogens with zero attached hydrogens (tertiary/aromatic N) is 3. The summed E-state index contributed by atoms with van der Waals surface area (Å²) in [7, 11) is 0. The van der Waals surface area contributed by atoms with Gasteiger partial charge in [-0.05, 0) is 31.9 Å². The van der Waals surface area contributed by atoms with Gasteiger partial charge in [0.05, 0.1) is 10.9 Å². The van der Waals surface area contributed by atoms with Gasteiger partial charge in [-0.15, -0.1) is 10.2 Å². The number of likely N-dealkylation sites (tertiary alicyclic amines) is 1. The van der Waals surface area contributed by atoms with Crippen molar-refractivity contribution in [2.75, 3.05) is 18.4 Å². The average molecular weight is 352 g/mol. The zero-order chi connectivity index (χ0) is 16.2. The number of benzene rings is 1. The minimum absolute atomic E-state index is 0.145. The molecule has 1 unspecified atom stereocenters. The third-order valence-corrected chi connectivity index (χ3v) is 5.58. The third-order valence-electron chi connectivity index (χ3n) is 3.57. The van der Waals surface area contributed by atoms with Crippen LogP contribution in [-0.4, -0.2) is 39.3 Å². The second-order valence-corrected chi connectivity index (χ2v) is 7.84. The highest BCUT2D eigenvalue weighted by Crippen LogP contribution is 2.31. The van der Waals surface area contributed by atoms with Crippen LogP contribution in [0, 0.1) is 5.82 Å². The molecule has 8 heteroatoms. The van der Waals surface area contributed by atoms with Crippen molar-refractivity contribution >= 4 is 39.8 Å². The van der Waals surface area contributed by atoms with Crippen molar-refractivity contribution < 1.29 is 9.18 Å². The van der Waals surface area contributed by atoms with E-state index >= 15 is 0 Å².